The highest BCUT2D eigenvalue weighted by molar-refractivity contribution is 6.04. The molecular formula is C10H11N5O3. The number of rotatable bonds is 2. The number of hydrogen-bond acceptors (Lipinski definition) is 5. The Morgan fingerprint density at radius 2 is 1.89 bits per heavy atom. The molecule has 1 aromatic rings. The highest BCUT2D eigenvalue weighted by Gasteiger charge is 2.32. The van der Waals surface area contributed by atoms with E-state index in [1.807, 2.05) is 0 Å². The van der Waals surface area contributed by atoms with Crippen molar-refractivity contribution in [3.05, 3.63) is 11.6 Å². The molecule has 2 heterocycles. The van der Waals surface area contributed by atoms with Crippen LogP contribution in [0, 0.1) is 0 Å². The molecule has 2 N–H and O–H groups in total. The van der Waals surface area contributed by atoms with E-state index in [0.717, 1.165) is 17.7 Å². The average molecular weight is 249 g/mol. The summed E-state index contributed by atoms with van der Waals surface area (Å²) in [7, 11) is 0. The van der Waals surface area contributed by atoms with Crippen molar-refractivity contribution in [2.75, 3.05) is 13.1 Å². The van der Waals surface area contributed by atoms with Crippen LogP contribution in [-0.2, 0) is 9.59 Å². The zero-order valence-corrected chi connectivity index (χ0v) is 9.47. The molecule has 1 saturated carbocycles. The molecule has 0 radical (unpaired) electrons. The first-order chi connectivity index (χ1) is 8.63. The molecule has 3 rings (SSSR count). The van der Waals surface area contributed by atoms with Crippen molar-refractivity contribution in [2.24, 2.45) is 0 Å². The van der Waals surface area contributed by atoms with Crippen molar-refractivity contribution in [2.45, 2.75) is 18.8 Å². The molecule has 2 aliphatic rings. The predicted molar refractivity (Wildman–Crippen MR) is 57.4 cm³/mol. The van der Waals surface area contributed by atoms with Gasteiger partial charge in [0, 0.05) is 5.92 Å². The highest BCUT2D eigenvalue weighted by atomic mass is 16.2. The van der Waals surface area contributed by atoms with Gasteiger partial charge in [-0.05, 0) is 12.8 Å². The zero-order chi connectivity index (χ0) is 12.7. The van der Waals surface area contributed by atoms with Crippen LogP contribution in [-0.4, -0.2) is 50.9 Å². The number of carbonyl (C=O) groups is 3. The Morgan fingerprint density at radius 1 is 1.22 bits per heavy atom. The van der Waals surface area contributed by atoms with Gasteiger partial charge in [-0.25, -0.2) is 4.98 Å². The number of H-pyrrole nitrogens is 1. The van der Waals surface area contributed by atoms with E-state index < -0.39 is 17.7 Å². The maximum absolute atomic E-state index is 12.0. The summed E-state index contributed by atoms with van der Waals surface area (Å²) in [6.45, 7) is -0.282. The van der Waals surface area contributed by atoms with Gasteiger partial charge < -0.3 is 4.90 Å². The smallest absolute Gasteiger partial charge is 0.294 e. The van der Waals surface area contributed by atoms with Gasteiger partial charge in [0.05, 0.1) is 0 Å². The monoisotopic (exact) mass is 249 g/mol. The van der Waals surface area contributed by atoms with Crippen LogP contribution in [0.3, 0.4) is 0 Å². The van der Waals surface area contributed by atoms with Gasteiger partial charge in [0.15, 0.2) is 0 Å². The van der Waals surface area contributed by atoms with E-state index in [1.165, 1.54) is 0 Å². The van der Waals surface area contributed by atoms with Gasteiger partial charge >= 0.3 is 0 Å². The summed E-state index contributed by atoms with van der Waals surface area (Å²) in [5.41, 5.74) is 0. The topological polar surface area (TPSA) is 108 Å². The summed E-state index contributed by atoms with van der Waals surface area (Å²) in [5.74, 6) is -0.396. The van der Waals surface area contributed by atoms with Gasteiger partial charge in [0.2, 0.25) is 17.6 Å². The first-order valence-corrected chi connectivity index (χ1v) is 5.68. The van der Waals surface area contributed by atoms with E-state index >= 15 is 0 Å². The molecule has 1 saturated heterocycles. The minimum Gasteiger partial charge on any atom is -0.317 e. The molecular weight excluding hydrogens is 238 g/mol. The van der Waals surface area contributed by atoms with Crippen LogP contribution in [0.4, 0.5) is 0 Å². The number of carbonyl (C=O) groups excluding carboxylic acids is 3. The summed E-state index contributed by atoms with van der Waals surface area (Å²) in [4.78, 5) is 39.6. The van der Waals surface area contributed by atoms with Crippen LogP contribution in [0.25, 0.3) is 0 Å². The summed E-state index contributed by atoms with van der Waals surface area (Å²) < 4.78 is 0. The minimum absolute atomic E-state index is 0.0133. The molecule has 2 fully saturated rings. The van der Waals surface area contributed by atoms with Gasteiger partial charge in [-0.15, -0.1) is 5.10 Å². The molecule has 18 heavy (non-hydrogen) atoms. The number of piperazine rings is 1. The van der Waals surface area contributed by atoms with Crippen molar-refractivity contribution in [1.29, 1.82) is 0 Å². The molecule has 0 aromatic carbocycles. The van der Waals surface area contributed by atoms with E-state index in [0.29, 0.717) is 11.7 Å². The van der Waals surface area contributed by atoms with Gasteiger partial charge in [-0.3, -0.25) is 24.8 Å². The molecule has 8 heteroatoms. The minimum atomic E-state index is -0.499. The van der Waals surface area contributed by atoms with Gasteiger partial charge in [-0.2, -0.15) is 0 Å². The molecule has 1 aliphatic heterocycles. The standard InChI is InChI=1S/C10H11N5O3/c16-6-3-15(4-7(17)11-6)10(18)9-12-8(13-14-9)5-1-2-5/h5H,1-4H2,(H,11,16,17)(H,12,13,14). The van der Waals surface area contributed by atoms with E-state index in [1.54, 1.807) is 0 Å². The molecule has 8 nitrogen and oxygen atoms in total. The largest absolute Gasteiger partial charge is 0.317 e. The van der Waals surface area contributed by atoms with Gasteiger partial charge in [-0.1, -0.05) is 0 Å². The highest BCUT2D eigenvalue weighted by Crippen LogP contribution is 2.37. The molecule has 0 spiro atoms. The quantitative estimate of drug-likeness (QED) is 0.639. The number of nitrogens with one attached hydrogen (secondary N) is 2. The number of amides is 3. The van der Waals surface area contributed by atoms with E-state index in [4.69, 9.17) is 0 Å². The lowest BCUT2D eigenvalue weighted by molar-refractivity contribution is -0.135. The Morgan fingerprint density at radius 3 is 2.50 bits per heavy atom. The zero-order valence-electron chi connectivity index (χ0n) is 9.47. The Kier molecular flexibility index (Phi) is 2.35. The van der Waals surface area contributed by atoms with Crippen molar-refractivity contribution in [3.63, 3.8) is 0 Å². The molecule has 1 aliphatic carbocycles. The second kappa shape index (κ2) is 3.90. The fraction of sp³-hybridized carbons (Fsp3) is 0.500. The van der Waals surface area contributed by atoms with Crippen molar-refractivity contribution >= 4 is 17.7 Å². The summed E-state index contributed by atoms with van der Waals surface area (Å²) >= 11 is 0. The van der Waals surface area contributed by atoms with E-state index in [9.17, 15) is 14.4 Å². The number of imide groups is 1. The van der Waals surface area contributed by atoms with Crippen molar-refractivity contribution < 1.29 is 14.4 Å². The Bertz CT molecular complexity index is 517. The van der Waals surface area contributed by atoms with Crippen LogP contribution >= 0.6 is 0 Å². The van der Waals surface area contributed by atoms with Crippen LogP contribution in [0.1, 0.15) is 35.2 Å². The first kappa shape index (κ1) is 10.9. The van der Waals surface area contributed by atoms with Crippen LogP contribution < -0.4 is 5.32 Å². The molecule has 0 bridgehead atoms. The normalized spacial score (nSPS) is 19.9. The van der Waals surface area contributed by atoms with Gasteiger partial charge in [0.1, 0.15) is 18.9 Å². The maximum atomic E-state index is 12.0. The number of aromatic nitrogens is 3. The Labute approximate surface area is 102 Å². The fourth-order valence-electron chi connectivity index (χ4n) is 1.83. The Balaban J connectivity index is 1.76. The fourth-order valence-corrected chi connectivity index (χ4v) is 1.83. The first-order valence-electron chi connectivity index (χ1n) is 5.68. The van der Waals surface area contributed by atoms with E-state index in [2.05, 4.69) is 20.5 Å². The summed E-state index contributed by atoms with van der Waals surface area (Å²) in [6, 6.07) is 0. The lowest BCUT2D eigenvalue weighted by atomic mass is 10.3. The van der Waals surface area contributed by atoms with Crippen LogP contribution in [0.5, 0.6) is 0 Å². The van der Waals surface area contributed by atoms with Crippen molar-refractivity contribution in [1.82, 2.24) is 25.4 Å². The third-order valence-electron chi connectivity index (χ3n) is 2.89. The third-order valence-corrected chi connectivity index (χ3v) is 2.89. The van der Waals surface area contributed by atoms with Crippen LogP contribution in [0.15, 0.2) is 0 Å². The molecule has 3 amide bonds. The predicted octanol–water partition coefficient (Wildman–Crippen LogP) is -1.22. The molecule has 1 aromatic heterocycles. The molecule has 94 valence electrons. The number of aromatic amines is 1. The second-order valence-corrected chi connectivity index (χ2v) is 4.45. The lowest BCUT2D eigenvalue weighted by Crippen LogP contribution is -2.53. The summed E-state index contributed by atoms with van der Waals surface area (Å²) in [6.07, 6.45) is 2.10. The van der Waals surface area contributed by atoms with Gasteiger partial charge in [0.25, 0.3) is 5.91 Å². The lowest BCUT2D eigenvalue weighted by Gasteiger charge is -2.23. The number of nitrogens with zero attached hydrogens (tertiary/aromatic N) is 3. The molecule has 0 unspecified atom stereocenters. The van der Waals surface area contributed by atoms with Crippen molar-refractivity contribution in [3.8, 4) is 0 Å². The maximum Gasteiger partial charge on any atom is 0.294 e. The van der Waals surface area contributed by atoms with Crippen LogP contribution in [0.2, 0.25) is 0 Å². The Hall–Kier alpha value is -2.25. The average Bonchev–Trinajstić information content (AvgIpc) is 3.05. The molecule has 0 atom stereocenters. The number of hydrogen-bond donors (Lipinski definition) is 2. The van der Waals surface area contributed by atoms with E-state index in [-0.39, 0.29) is 18.9 Å². The SMILES string of the molecule is O=C1CN(C(=O)c2n[nH]c(C3CC3)n2)CC(=O)N1. The summed E-state index contributed by atoms with van der Waals surface area (Å²) in [5, 5.41) is 8.68. The second-order valence-electron chi connectivity index (χ2n) is 4.45. The third kappa shape index (κ3) is 1.96.